The van der Waals surface area contributed by atoms with Crippen molar-refractivity contribution in [1.29, 1.82) is 0 Å². The van der Waals surface area contributed by atoms with E-state index in [-0.39, 0.29) is 6.04 Å². The van der Waals surface area contributed by atoms with Crippen molar-refractivity contribution in [2.45, 2.75) is 18.8 Å². The predicted octanol–water partition coefficient (Wildman–Crippen LogP) is 2.34. The first-order chi connectivity index (χ1) is 7.61. The molecule has 0 amide bonds. The number of alkyl halides is 1. The van der Waals surface area contributed by atoms with Crippen LogP contribution in [0.1, 0.15) is 12.5 Å². The number of ether oxygens (including phenoxy) is 1. The van der Waals surface area contributed by atoms with Crippen LogP contribution < -0.4 is 4.90 Å². The molecule has 0 N–H and O–H groups in total. The number of hydrogen-bond donors (Lipinski definition) is 0. The van der Waals surface area contributed by atoms with Gasteiger partial charge in [-0.15, -0.1) is 11.6 Å². The molecule has 0 spiro atoms. The average molecular weight is 264 g/mol. The SMILES string of the molecule is COCC(C)N(C)c1ncnc(Cl)c1CCl. The van der Waals surface area contributed by atoms with E-state index >= 15 is 0 Å². The molecule has 0 saturated carbocycles. The highest BCUT2D eigenvalue weighted by molar-refractivity contribution is 6.31. The van der Waals surface area contributed by atoms with Gasteiger partial charge in [0.1, 0.15) is 17.3 Å². The quantitative estimate of drug-likeness (QED) is 0.604. The Morgan fingerprint density at radius 1 is 1.50 bits per heavy atom. The molecule has 90 valence electrons. The Labute approximate surface area is 106 Å². The highest BCUT2D eigenvalue weighted by Crippen LogP contribution is 2.25. The molecule has 1 aromatic heterocycles. The summed E-state index contributed by atoms with van der Waals surface area (Å²) in [5.74, 6) is 1.04. The molecule has 0 fully saturated rings. The fourth-order valence-corrected chi connectivity index (χ4v) is 1.87. The van der Waals surface area contributed by atoms with Crippen LogP contribution in [0.3, 0.4) is 0 Å². The third kappa shape index (κ3) is 2.97. The van der Waals surface area contributed by atoms with Crippen LogP contribution in [0.5, 0.6) is 0 Å². The summed E-state index contributed by atoms with van der Waals surface area (Å²) in [5.41, 5.74) is 0.747. The Bertz CT molecular complexity index is 349. The Hall–Kier alpha value is -0.580. The molecule has 0 aromatic carbocycles. The number of likely N-dealkylation sites (N-methyl/N-ethyl adjacent to an activating group) is 1. The summed E-state index contributed by atoms with van der Waals surface area (Å²) in [7, 11) is 3.60. The van der Waals surface area contributed by atoms with Crippen LogP contribution in [-0.4, -0.2) is 36.8 Å². The van der Waals surface area contributed by atoms with Crippen LogP contribution in [0, 0.1) is 0 Å². The lowest BCUT2D eigenvalue weighted by Gasteiger charge is -2.26. The van der Waals surface area contributed by atoms with Gasteiger partial charge in [-0.2, -0.15) is 0 Å². The van der Waals surface area contributed by atoms with E-state index < -0.39 is 0 Å². The average Bonchev–Trinajstić information content (AvgIpc) is 2.28. The number of methoxy groups -OCH3 is 1. The third-order valence-corrected chi connectivity index (χ3v) is 3.00. The lowest BCUT2D eigenvalue weighted by atomic mass is 10.2. The Kier molecular flexibility index (Phi) is 5.25. The predicted molar refractivity (Wildman–Crippen MR) is 66.3 cm³/mol. The Morgan fingerprint density at radius 2 is 2.19 bits per heavy atom. The minimum Gasteiger partial charge on any atom is -0.383 e. The van der Waals surface area contributed by atoms with Crippen LogP contribution >= 0.6 is 23.2 Å². The van der Waals surface area contributed by atoms with Gasteiger partial charge in [0, 0.05) is 19.7 Å². The maximum Gasteiger partial charge on any atom is 0.138 e. The van der Waals surface area contributed by atoms with Crippen molar-refractivity contribution >= 4 is 29.0 Å². The molecule has 1 aromatic rings. The molecule has 0 radical (unpaired) electrons. The molecule has 6 heteroatoms. The Morgan fingerprint density at radius 3 is 2.75 bits per heavy atom. The summed E-state index contributed by atoms with van der Waals surface area (Å²) in [6.45, 7) is 2.65. The summed E-state index contributed by atoms with van der Waals surface area (Å²) in [5, 5.41) is 0.400. The molecule has 0 aliphatic carbocycles. The van der Waals surface area contributed by atoms with Gasteiger partial charge in [-0.05, 0) is 6.92 Å². The number of rotatable bonds is 5. The fraction of sp³-hybridized carbons (Fsp3) is 0.600. The van der Waals surface area contributed by atoms with Gasteiger partial charge in [0.25, 0.3) is 0 Å². The van der Waals surface area contributed by atoms with Crippen molar-refractivity contribution in [1.82, 2.24) is 9.97 Å². The summed E-state index contributed by atoms with van der Waals surface area (Å²) < 4.78 is 5.10. The minimum atomic E-state index is 0.193. The van der Waals surface area contributed by atoms with Gasteiger partial charge in [-0.25, -0.2) is 9.97 Å². The maximum absolute atomic E-state index is 5.96. The van der Waals surface area contributed by atoms with Gasteiger partial charge >= 0.3 is 0 Å². The largest absolute Gasteiger partial charge is 0.383 e. The summed E-state index contributed by atoms with van der Waals surface area (Å²) in [4.78, 5) is 10.1. The van der Waals surface area contributed by atoms with Gasteiger partial charge < -0.3 is 9.64 Å². The van der Waals surface area contributed by atoms with E-state index in [2.05, 4.69) is 9.97 Å². The van der Waals surface area contributed by atoms with Crippen molar-refractivity contribution in [3.05, 3.63) is 17.0 Å². The normalized spacial score (nSPS) is 12.6. The molecule has 1 unspecified atom stereocenters. The minimum absolute atomic E-state index is 0.193. The molecule has 0 aliphatic heterocycles. The van der Waals surface area contributed by atoms with Crippen molar-refractivity contribution < 1.29 is 4.74 Å². The summed E-state index contributed by atoms with van der Waals surface area (Å²) in [6, 6.07) is 0.193. The molecule has 0 saturated heterocycles. The van der Waals surface area contributed by atoms with Crippen LogP contribution in [0.4, 0.5) is 5.82 Å². The molecule has 16 heavy (non-hydrogen) atoms. The zero-order chi connectivity index (χ0) is 12.1. The zero-order valence-electron chi connectivity index (χ0n) is 9.57. The molecule has 1 rings (SSSR count). The number of hydrogen-bond acceptors (Lipinski definition) is 4. The molecule has 1 atom stereocenters. The number of halogens is 2. The molecule has 0 aliphatic rings. The van der Waals surface area contributed by atoms with Gasteiger partial charge in [0.2, 0.25) is 0 Å². The second-order valence-electron chi connectivity index (χ2n) is 3.52. The first kappa shape index (κ1) is 13.5. The number of aromatic nitrogens is 2. The highest BCUT2D eigenvalue weighted by Gasteiger charge is 2.17. The van der Waals surface area contributed by atoms with Crippen molar-refractivity contribution in [3.63, 3.8) is 0 Å². The Balaban J connectivity index is 2.98. The van der Waals surface area contributed by atoms with Gasteiger partial charge in [0.05, 0.1) is 18.5 Å². The number of nitrogens with zero attached hydrogens (tertiary/aromatic N) is 3. The smallest absolute Gasteiger partial charge is 0.138 e. The fourth-order valence-electron chi connectivity index (χ4n) is 1.36. The van der Waals surface area contributed by atoms with E-state index in [0.717, 1.165) is 11.4 Å². The third-order valence-electron chi connectivity index (χ3n) is 2.41. The van der Waals surface area contributed by atoms with Crippen LogP contribution in [-0.2, 0) is 10.6 Å². The van der Waals surface area contributed by atoms with Crippen molar-refractivity contribution in [2.24, 2.45) is 0 Å². The van der Waals surface area contributed by atoms with Crippen LogP contribution in [0.25, 0.3) is 0 Å². The molecular formula is C10H15Cl2N3O. The molecule has 4 nitrogen and oxygen atoms in total. The molecule has 1 heterocycles. The highest BCUT2D eigenvalue weighted by atomic mass is 35.5. The van der Waals surface area contributed by atoms with Crippen LogP contribution in [0.15, 0.2) is 6.33 Å². The standard InChI is InChI=1S/C10H15Cl2N3O/c1-7(5-16-3)15(2)10-8(4-11)9(12)13-6-14-10/h6-7H,4-5H2,1-3H3. The van der Waals surface area contributed by atoms with Gasteiger partial charge in [-0.1, -0.05) is 11.6 Å². The van der Waals surface area contributed by atoms with E-state index in [4.69, 9.17) is 27.9 Å². The zero-order valence-corrected chi connectivity index (χ0v) is 11.1. The van der Waals surface area contributed by atoms with Crippen molar-refractivity contribution in [2.75, 3.05) is 25.7 Å². The first-order valence-corrected chi connectivity index (χ1v) is 5.80. The van der Waals surface area contributed by atoms with E-state index in [1.165, 1.54) is 6.33 Å². The first-order valence-electron chi connectivity index (χ1n) is 4.88. The topological polar surface area (TPSA) is 38.2 Å². The number of anilines is 1. The molecule has 0 bridgehead atoms. The summed E-state index contributed by atoms with van der Waals surface area (Å²) >= 11 is 11.8. The van der Waals surface area contributed by atoms with E-state index in [9.17, 15) is 0 Å². The van der Waals surface area contributed by atoms with Crippen molar-refractivity contribution in [3.8, 4) is 0 Å². The second-order valence-corrected chi connectivity index (χ2v) is 4.14. The lowest BCUT2D eigenvalue weighted by Crippen LogP contribution is -2.34. The van der Waals surface area contributed by atoms with Gasteiger partial charge in [0.15, 0.2) is 0 Å². The summed E-state index contributed by atoms with van der Waals surface area (Å²) in [6.07, 6.45) is 1.43. The maximum atomic E-state index is 5.96. The van der Waals surface area contributed by atoms with E-state index in [1.54, 1.807) is 7.11 Å². The van der Waals surface area contributed by atoms with Crippen LogP contribution in [0.2, 0.25) is 5.15 Å². The monoisotopic (exact) mass is 263 g/mol. The molecular weight excluding hydrogens is 249 g/mol. The second kappa shape index (κ2) is 6.23. The van der Waals surface area contributed by atoms with E-state index in [0.29, 0.717) is 17.6 Å². The van der Waals surface area contributed by atoms with Gasteiger partial charge in [-0.3, -0.25) is 0 Å². The van der Waals surface area contributed by atoms with E-state index in [1.807, 2.05) is 18.9 Å². The lowest BCUT2D eigenvalue weighted by molar-refractivity contribution is 0.183.